The number of ketones is 1. The number of ether oxygens (including phenoxy) is 1. The molecular formula is C12H6Cl6O2. The molecule has 20 heavy (non-hydrogen) atoms. The van der Waals surface area contributed by atoms with Gasteiger partial charge in [-0.3, -0.25) is 4.79 Å². The molecule has 3 fully saturated rings. The topological polar surface area (TPSA) is 29.6 Å². The van der Waals surface area contributed by atoms with Crippen molar-refractivity contribution in [2.24, 2.45) is 0 Å². The number of rotatable bonds is 0. The van der Waals surface area contributed by atoms with E-state index in [9.17, 15) is 4.79 Å². The predicted molar refractivity (Wildman–Crippen MR) is 78.5 cm³/mol. The molecule has 2 nitrogen and oxygen atoms in total. The lowest BCUT2D eigenvalue weighted by atomic mass is 9.80. The molecule has 0 aromatic heterocycles. The number of hydrogen-bond acceptors (Lipinski definition) is 2. The average molecular weight is 395 g/mol. The molecule has 0 aromatic carbocycles. The van der Waals surface area contributed by atoms with Gasteiger partial charge in [0, 0.05) is 5.57 Å². The van der Waals surface area contributed by atoms with Crippen molar-refractivity contribution in [3.05, 3.63) is 11.1 Å². The van der Waals surface area contributed by atoms with Crippen LogP contribution in [-0.2, 0) is 9.53 Å². The second-order valence-electron chi connectivity index (χ2n) is 6.20. The predicted octanol–water partition coefficient (Wildman–Crippen LogP) is 3.89. The summed E-state index contributed by atoms with van der Waals surface area (Å²) in [5.74, 6) is -0.293. The lowest BCUT2D eigenvalue weighted by molar-refractivity contribution is -0.111. The molecule has 0 radical (unpaired) electrons. The van der Waals surface area contributed by atoms with Crippen LogP contribution in [0.4, 0.5) is 0 Å². The van der Waals surface area contributed by atoms with Crippen LogP contribution in [0.15, 0.2) is 11.1 Å². The zero-order chi connectivity index (χ0) is 14.6. The Kier molecular flexibility index (Phi) is 1.98. The summed E-state index contributed by atoms with van der Waals surface area (Å²) in [6.07, 6.45) is 1.28. The Morgan fingerprint density at radius 1 is 1.05 bits per heavy atom. The van der Waals surface area contributed by atoms with Crippen LogP contribution in [-0.4, -0.2) is 35.4 Å². The molecule has 4 aliphatic carbocycles. The minimum Gasteiger partial charge on any atom is -0.325 e. The highest BCUT2D eigenvalue weighted by Crippen LogP contribution is 2.87. The quantitative estimate of drug-likeness (QED) is 0.354. The SMILES string of the molecule is O=C1C2(Cl)C3=C(C4(Cl)CC4(Cl)C12Cl)C1(Cl)OC1(Cl)CC3. The van der Waals surface area contributed by atoms with Crippen molar-refractivity contribution in [1.29, 1.82) is 0 Å². The molecule has 1 heterocycles. The summed E-state index contributed by atoms with van der Waals surface area (Å²) >= 11 is 39.1. The van der Waals surface area contributed by atoms with E-state index in [1.165, 1.54) is 0 Å². The smallest absolute Gasteiger partial charge is 0.210 e. The van der Waals surface area contributed by atoms with Gasteiger partial charge in [-0.1, -0.05) is 23.2 Å². The molecule has 0 bridgehead atoms. The van der Waals surface area contributed by atoms with Crippen LogP contribution in [0, 0.1) is 0 Å². The summed E-state index contributed by atoms with van der Waals surface area (Å²) in [4.78, 5) is 7.56. The number of epoxide rings is 1. The highest BCUT2D eigenvalue weighted by molar-refractivity contribution is 6.69. The van der Waals surface area contributed by atoms with Gasteiger partial charge in [-0.25, -0.2) is 0 Å². The maximum absolute atomic E-state index is 12.3. The van der Waals surface area contributed by atoms with Crippen LogP contribution in [0.2, 0.25) is 0 Å². The van der Waals surface area contributed by atoms with Gasteiger partial charge < -0.3 is 4.74 Å². The zero-order valence-electron chi connectivity index (χ0n) is 9.71. The standard InChI is InChI=1S/C12H6Cl6O2/c13-7-3-8(7,14)11(17)6(19)10(11,16)4-1-2-9(15)12(18,20-9)5(4)7/h1-3H2. The number of carbonyl (C=O) groups is 1. The molecular weight excluding hydrogens is 389 g/mol. The molecule has 6 atom stereocenters. The molecule has 1 aliphatic heterocycles. The average Bonchev–Trinajstić information content (AvgIpc) is 3.21. The normalized spacial score (nSPS) is 68.8. The van der Waals surface area contributed by atoms with E-state index in [2.05, 4.69) is 0 Å². The van der Waals surface area contributed by atoms with Crippen LogP contribution < -0.4 is 0 Å². The third-order valence-electron chi connectivity index (χ3n) is 5.45. The lowest BCUT2D eigenvalue weighted by Crippen LogP contribution is -2.46. The first kappa shape index (κ1) is 13.5. The first-order valence-electron chi connectivity index (χ1n) is 6.16. The van der Waals surface area contributed by atoms with E-state index in [-0.39, 0.29) is 5.78 Å². The van der Waals surface area contributed by atoms with E-state index in [1.54, 1.807) is 0 Å². The van der Waals surface area contributed by atoms with Gasteiger partial charge in [0.1, 0.15) is 0 Å². The van der Waals surface area contributed by atoms with Crippen molar-refractivity contribution in [3.63, 3.8) is 0 Å². The molecule has 8 heteroatoms. The van der Waals surface area contributed by atoms with E-state index < -0.39 is 29.6 Å². The van der Waals surface area contributed by atoms with E-state index in [0.29, 0.717) is 30.4 Å². The fourth-order valence-corrected chi connectivity index (χ4v) is 7.45. The van der Waals surface area contributed by atoms with E-state index in [1.807, 2.05) is 0 Å². The summed E-state index contributed by atoms with van der Waals surface area (Å²) in [6, 6.07) is 0. The largest absolute Gasteiger partial charge is 0.325 e. The Bertz CT molecular complexity index is 679. The van der Waals surface area contributed by atoms with Gasteiger partial charge in [0.15, 0.2) is 20.6 Å². The first-order chi connectivity index (χ1) is 9.03. The van der Waals surface area contributed by atoms with E-state index in [4.69, 9.17) is 74.3 Å². The lowest BCUT2D eigenvalue weighted by Gasteiger charge is -2.36. The highest BCUT2D eigenvalue weighted by atomic mass is 35.5. The molecule has 5 rings (SSSR count). The van der Waals surface area contributed by atoms with Crippen molar-refractivity contribution in [2.75, 3.05) is 0 Å². The zero-order valence-corrected chi connectivity index (χ0v) is 14.2. The number of carbonyl (C=O) groups excluding carboxylic acids is 1. The van der Waals surface area contributed by atoms with Crippen LogP contribution in [0.5, 0.6) is 0 Å². The van der Waals surface area contributed by atoms with Crippen LogP contribution in [0.3, 0.4) is 0 Å². The van der Waals surface area contributed by atoms with Gasteiger partial charge >= 0.3 is 0 Å². The van der Waals surface area contributed by atoms with Gasteiger partial charge in [0.2, 0.25) is 5.06 Å². The van der Waals surface area contributed by atoms with Crippen LogP contribution in [0.1, 0.15) is 19.3 Å². The molecule has 0 N–H and O–H groups in total. The summed E-state index contributed by atoms with van der Waals surface area (Å²) in [6.45, 7) is 0. The van der Waals surface area contributed by atoms with Crippen molar-refractivity contribution < 1.29 is 9.53 Å². The fourth-order valence-electron chi connectivity index (χ4n) is 4.18. The van der Waals surface area contributed by atoms with Crippen molar-refractivity contribution in [3.8, 4) is 0 Å². The molecule has 0 amide bonds. The second-order valence-corrected chi connectivity index (χ2v) is 9.77. The minimum atomic E-state index is -1.35. The Labute approximate surface area is 144 Å². The first-order valence-corrected chi connectivity index (χ1v) is 8.43. The van der Waals surface area contributed by atoms with Crippen LogP contribution >= 0.6 is 69.6 Å². The summed E-state index contributed by atoms with van der Waals surface area (Å²) in [5, 5.41) is -2.20. The highest BCUT2D eigenvalue weighted by Gasteiger charge is 3.00. The molecule has 0 aromatic rings. The summed E-state index contributed by atoms with van der Waals surface area (Å²) in [7, 11) is 0. The molecule has 5 aliphatic rings. The Balaban J connectivity index is 1.84. The summed E-state index contributed by atoms with van der Waals surface area (Å²) in [5.41, 5.74) is 1.23. The molecule has 0 spiro atoms. The number of halogens is 6. The van der Waals surface area contributed by atoms with E-state index in [0.717, 1.165) is 0 Å². The van der Waals surface area contributed by atoms with Crippen molar-refractivity contribution in [1.82, 2.24) is 0 Å². The van der Waals surface area contributed by atoms with Gasteiger partial charge in [-0.05, 0) is 24.8 Å². The third-order valence-corrected chi connectivity index (χ3v) is 9.78. The molecule has 2 saturated carbocycles. The maximum Gasteiger partial charge on any atom is 0.210 e. The number of alkyl halides is 6. The Morgan fingerprint density at radius 2 is 1.70 bits per heavy atom. The molecule has 1 saturated heterocycles. The van der Waals surface area contributed by atoms with Crippen LogP contribution in [0.25, 0.3) is 0 Å². The Hall–Kier alpha value is 1.11. The van der Waals surface area contributed by atoms with Gasteiger partial charge in [0.25, 0.3) is 0 Å². The number of Topliss-reactive ketones (excluding diaryl/α,β-unsaturated/α-hetero) is 1. The second kappa shape index (κ2) is 2.92. The molecule has 108 valence electrons. The minimum absolute atomic E-state index is 0.293. The van der Waals surface area contributed by atoms with Crippen molar-refractivity contribution >= 4 is 75.4 Å². The number of hydrogen-bond donors (Lipinski definition) is 0. The van der Waals surface area contributed by atoms with Gasteiger partial charge in [0.05, 0.1) is 9.75 Å². The monoisotopic (exact) mass is 392 g/mol. The third kappa shape index (κ3) is 0.907. The van der Waals surface area contributed by atoms with Gasteiger partial charge in [-0.2, -0.15) is 0 Å². The maximum atomic E-state index is 12.3. The number of fused-ring (bicyclic) bond motifs is 7. The Morgan fingerprint density at radius 3 is 2.35 bits per heavy atom. The van der Waals surface area contributed by atoms with E-state index >= 15 is 0 Å². The van der Waals surface area contributed by atoms with Gasteiger partial charge in [-0.15, -0.1) is 46.4 Å². The number of allylic oxidation sites excluding steroid dienone is 1. The molecule has 6 unspecified atom stereocenters. The summed E-state index contributed by atoms with van der Waals surface area (Å²) < 4.78 is 5.53. The fraction of sp³-hybridized carbons (Fsp3) is 0.750. The van der Waals surface area contributed by atoms with Crippen molar-refractivity contribution in [2.45, 2.75) is 48.9 Å².